The minimum atomic E-state index is 0.170. The van der Waals surface area contributed by atoms with Crippen LogP contribution in [-0.4, -0.2) is 9.97 Å². The third-order valence-electron chi connectivity index (χ3n) is 3.66. The number of benzene rings is 1. The summed E-state index contributed by atoms with van der Waals surface area (Å²) < 4.78 is 0.417. The van der Waals surface area contributed by atoms with E-state index in [0.29, 0.717) is 21.5 Å². The second kappa shape index (κ2) is 5.13. The summed E-state index contributed by atoms with van der Waals surface area (Å²) >= 11 is 5.21. The predicted molar refractivity (Wildman–Crippen MR) is 90.6 cm³/mol. The lowest BCUT2D eigenvalue weighted by atomic mass is 9.95. The van der Waals surface area contributed by atoms with Gasteiger partial charge >= 0.3 is 0 Å². The zero-order chi connectivity index (χ0) is 15.9. The number of hydrogen-bond donors (Lipinski definition) is 3. The summed E-state index contributed by atoms with van der Waals surface area (Å²) in [5, 5.41) is 10.3. The van der Waals surface area contributed by atoms with Gasteiger partial charge in [0.1, 0.15) is 27.7 Å². The van der Waals surface area contributed by atoms with Crippen LogP contribution < -0.4 is 11.5 Å². The molecule has 0 aliphatic carbocycles. The van der Waals surface area contributed by atoms with Crippen LogP contribution in [0.5, 0.6) is 0 Å². The summed E-state index contributed by atoms with van der Waals surface area (Å²) in [5.41, 5.74) is 15.8. The van der Waals surface area contributed by atoms with Gasteiger partial charge in [0.15, 0.2) is 0 Å². The van der Waals surface area contributed by atoms with E-state index < -0.39 is 0 Å². The standard InChI is InChI=1S/C16H13N5S/c1-8-11-12(9-5-3-2-4-6-9)10(7-17)14(19)20-15(11)21-16(22)13(8)18/h2-6H,18H2,1H3,(H3,19,20,21,22). The first-order chi connectivity index (χ1) is 10.5. The minimum Gasteiger partial charge on any atom is -0.396 e. The molecule has 1 aromatic carbocycles. The van der Waals surface area contributed by atoms with Crippen LogP contribution in [0, 0.1) is 22.9 Å². The van der Waals surface area contributed by atoms with Gasteiger partial charge in [0.05, 0.1) is 5.69 Å². The van der Waals surface area contributed by atoms with Crippen molar-refractivity contribution in [3.05, 3.63) is 46.1 Å². The zero-order valence-electron chi connectivity index (χ0n) is 11.8. The highest BCUT2D eigenvalue weighted by Crippen LogP contribution is 2.36. The van der Waals surface area contributed by atoms with Crippen molar-refractivity contribution in [2.75, 3.05) is 11.5 Å². The lowest BCUT2D eigenvalue weighted by molar-refractivity contribution is 1.25. The first kappa shape index (κ1) is 14.0. The van der Waals surface area contributed by atoms with E-state index in [2.05, 4.69) is 16.0 Å². The van der Waals surface area contributed by atoms with Crippen LogP contribution in [0.2, 0.25) is 0 Å². The normalized spacial score (nSPS) is 10.5. The molecule has 0 fully saturated rings. The Morgan fingerprint density at radius 2 is 1.91 bits per heavy atom. The van der Waals surface area contributed by atoms with E-state index in [9.17, 15) is 5.26 Å². The van der Waals surface area contributed by atoms with Crippen molar-refractivity contribution in [1.82, 2.24) is 9.97 Å². The molecule has 22 heavy (non-hydrogen) atoms. The molecule has 5 N–H and O–H groups in total. The largest absolute Gasteiger partial charge is 0.396 e. The fraction of sp³-hybridized carbons (Fsp3) is 0.0625. The number of pyridine rings is 2. The Labute approximate surface area is 132 Å². The van der Waals surface area contributed by atoms with Crippen LogP contribution in [0.1, 0.15) is 11.1 Å². The summed E-state index contributed by atoms with van der Waals surface area (Å²) in [4.78, 5) is 7.26. The fourth-order valence-corrected chi connectivity index (χ4v) is 2.80. The van der Waals surface area contributed by atoms with Gasteiger partial charge in [0.2, 0.25) is 0 Å². The average molecular weight is 307 g/mol. The van der Waals surface area contributed by atoms with Crippen LogP contribution in [0.25, 0.3) is 22.2 Å². The third kappa shape index (κ3) is 2.00. The van der Waals surface area contributed by atoms with E-state index in [1.165, 1.54) is 0 Å². The molecule has 3 aromatic rings. The van der Waals surface area contributed by atoms with E-state index in [1.54, 1.807) is 0 Å². The van der Waals surface area contributed by atoms with Crippen molar-refractivity contribution in [3.63, 3.8) is 0 Å². The van der Waals surface area contributed by atoms with Gasteiger partial charge in [-0.3, -0.25) is 0 Å². The maximum Gasteiger partial charge on any atom is 0.144 e. The van der Waals surface area contributed by atoms with Gasteiger partial charge in [-0.1, -0.05) is 42.5 Å². The van der Waals surface area contributed by atoms with Crippen molar-refractivity contribution in [2.24, 2.45) is 0 Å². The molecule has 0 amide bonds. The minimum absolute atomic E-state index is 0.170. The van der Waals surface area contributed by atoms with E-state index in [-0.39, 0.29) is 5.82 Å². The number of fused-ring (bicyclic) bond motifs is 1. The van der Waals surface area contributed by atoms with Gasteiger partial charge < -0.3 is 16.5 Å². The van der Waals surface area contributed by atoms with Gasteiger partial charge in [-0.05, 0) is 18.1 Å². The van der Waals surface area contributed by atoms with Crippen LogP contribution >= 0.6 is 12.2 Å². The van der Waals surface area contributed by atoms with E-state index in [4.69, 9.17) is 23.7 Å². The molecule has 0 radical (unpaired) electrons. The average Bonchev–Trinajstić information content (AvgIpc) is 2.52. The Kier molecular flexibility index (Phi) is 3.28. The first-order valence-electron chi connectivity index (χ1n) is 6.61. The number of rotatable bonds is 1. The molecule has 5 nitrogen and oxygen atoms in total. The quantitative estimate of drug-likeness (QED) is 0.598. The summed E-state index contributed by atoms with van der Waals surface area (Å²) in [6, 6.07) is 11.7. The van der Waals surface area contributed by atoms with Crippen LogP contribution in [0.3, 0.4) is 0 Å². The summed E-state index contributed by atoms with van der Waals surface area (Å²) in [7, 11) is 0. The second-order valence-electron chi connectivity index (χ2n) is 4.94. The molecule has 0 saturated heterocycles. The number of hydrogen-bond acceptors (Lipinski definition) is 5. The molecule has 3 rings (SSSR count). The number of nitrogens with two attached hydrogens (primary N) is 2. The Hall–Kier alpha value is -2.91. The first-order valence-corrected chi connectivity index (χ1v) is 7.02. The number of nitrogen functional groups attached to an aromatic ring is 2. The lowest BCUT2D eigenvalue weighted by Crippen LogP contribution is -2.04. The van der Waals surface area contributed by atoms with Gasteiger partial charge in [0, 0.05) is 10.9 Å². The summed E-state index contributed by atoms with van der Waals surface area (Å²) in [6.45, 7) is 1.87. The van der Waals surface area contributed by atoms with Gasteiger partial charge in [-0.15, -0.1) is 0 Å². The maximum atomic E-state index is 9.50. The Bertz CT molecular complexity index is 984. The molecule has 0 aliphatic heterocycles. The van der Waals surface area contributed by atoms with Crippen LogP contribution in [0.15, 0.2) is 30.3 Å². The fourth-order valence-electron chi connectivity index (χ4n) is 2.55. The van der Waals surface area contributed by atoms with Crippen LogP contribution in [-0.2, 0) is 0 Å². The molecule has 0 atom stereocenters. The Morgan fingerprint density at radius 3 is 2.55 bits per heavy atom. The molecule has 0 bridgehead atoms. The molecule has 108 valence electrons. The smallest absolute Gasteiger partial charge is 0.144 e. The molecule has 2 aromatic heterocycles. The molecule has 0 unspecified atom stereocenters. The number of nitrogens with zero attached hydrogens (tertiary/aromatic N) is 2. The molecular formula is C16H13N5S. The maximum absolute atomic E-state index is 9.50. The number of aromatic amines is 1. The van der Waals surface area contributed by atoms with Crippen LogP contribution in [0.4, 0.5) is 11.5 Å². The zero-order valence-corrected chi connectivity index (χ0v) is 12.7. The monoisotopic (exact) mass is 307 g/mol. The van der Waals surface area contributed by atoms with E-state index >= 15 is 0 Å². The van der Waals surface area contributed by atoms with Crippen molar-refractivity contribution in [2.45, 2.75) is 6.92 Å². The summed E-state index contributed by atoms with van der Waals surface area (Å²) in [6.07, 6.45) is 0. The number of aryl methyl sites for hydroxylation is 1. The number of H-pyrrole nitrogens is 1. The molecule has 0 saturated carbocycles. The van der Waals surface area contributed by atoms with Crippen molar-refractivity contribution >= 4 is 34.8 Å². The summed E-state index contributed by atoms with van der Waals surface area (Å²) in [5.74, 6) is 0.170. The van der Waals surface area contributed by atoms with Crippen molar-refractivity contribution in [1.29, 1.82) is 5.26 Å². The second-order valence-corrected chi connectivity index (χ2v) is 5.35. The van der Waals surface area contributed by atoms with Gasteiger partial charge in [0.25, 0.3) is 0 Å². The Morgan fingerprint density at radius 1 is 1.23 bits per heavy atom. The predicted octanol–water partition coefficient (Wildman–Crippen LogP) is 3.30. The van der Waals surface area contributed by atoms with Gasteiger partial charge in [-0.25, -0.2) is 4.98 Å². The van der Waals surface area contributed by atoms with E-state index in [0.717, 1.165) is 22.1 Å². The highest BCUT2D eigenvalue weighted by molar-refractivity contribution is 7.71. The molecule has 0 aliphatic rings. The molecule has 0 spiro atoms. The molecule has 2 heterocycles. The number of aromatic nitrogens is 2. The SMILES string of the molecule is Cc1c(N)c(=S)[nH]c2nc(N)c(C#N)c(-c3ccccc3)c12. The van der Waals surface area contributed by atoms with Crippen molar-refractivity contribution < 1.29 is 0 Å². The van der Waals surface area contributed by atoms with Gasteiger partial charge in [-0.2, -0.15) is 5.26 Å². The lowest BCUT2D eigenvalue weighted by Gasteiger charge is -2.14. The highest BCUT2D eigenvalue weighted by atomic mass is 32.1. The topological polar surface area (TPSA) is 105 Å². The Balaban J connectivity index is 2.60. The van der Waals surface area contributed by atoms with E-state index in [1.807, 2.05) is 37.3 Å². The molecular weight excluding hydrogens is 294 g/mol. The number of nitriles is 1. The highest BCUT2D eigenvalue weighted by Gasteiger charge is 2.18. The number of nitrogens with one attached hydrogen (secondary N) is 1. The number of anilines is 2. The third-order valence-corrected chi connectivity index (χ3v) is 3.98. The molecule has 6 heteroatoms. The van der Waals surface area contributed by atoms with Crippen molar-refractivity contribution in [3.8, 4) is 17.2 Å².